The van der Waals surface area contributed by atoms with Crippen LogP contribution in [-0.2, 0) is 68.3 Å². The number of thiocarbonyl (C=S) groups is 8. The van der Waals surface area contributed by atoms with E-state index in [4.69, 9.17) is 63.7 Å². The van der Waals surface area contributed by atoms with Gasteiger partial charge in [0.05, 0.1) is 45.6 Å². The number of rotatable bonds is 10. The molecule has 12 N–H and O–H groups in total. The second kappa shape index (κ2) is 86.6. The molecular formula is C76H68Fe4N32O4S8. The van der Waals surface area contributed by atoms with E-state index in [0.29, 0.717) is 0 Å². The van der Waals surface area contributed by atoms with Crippen LogP contribution in [0, 0.1) is 0 Å². The molecule has 0 saturated carbocycles. The Kier molecular flexibility index (Phi) is 85.2. The molecule has 0 amide bonds. The summed E-state index contributed by atoms with van der Waals surface area (Å²) in [6, 6.07) is 54.1. The minimum absolute atomic E-state index is 0. The Labute approximate surface area is 796 Å². The summed E-state index contributed by atoms with van der Waals surface area (Å²) in [5.41, 5.74) is 18.0. The standard InChI is InChI=1S/4C11H9N5.2C10H8N2.8CNS.4CH4O.4Fe/c4*1-2-8(10-4-6-12-15-10)14-9(3-1)11-5-7-13-16-11;2*1-5-11-6-2-9(1)10-3-7-12-8-4-10;8*2-1-3;4*1-2;;;;/h4*1-7H,(H,12,15)(H,13,16);2*1-8H;;;;;;;;;4*2H,1H3;;;;/q;;;;;;8*-1;;;;;4*+2. The molecule has 0 saturated heterocycles. The van der Waals surface area contributed by atoms with Gasteiger partial charge in [0.1, 0.15) is 45.6 Å². The van der Waals surface area contributed by atoms with Gasteiger partial charge in [-0.05, 0) is 168 Å². The first-order chi connectivity index (χ1) is 59.0. The van der Waals surface area contributed by atoms with Crippen LogP contribution in [0.4, 0.5) is 0 Å². The van der Waals surface area contributed by atoms with E-state index in [1.807, 2.05) is 170 Å². The largest absolute Gasteiger partial charge is 2.00 e. The number of nitrogens with one attached hydrogen (secondary N) is 8. The van der Waals surface area contributed by atoms with Crippen molar-refractivity contribution in [2.24, 2.45) is 0 Å². The molecule has 636 valence electrons. The first kappa shape index (κ1) is 122. The van der Waals surface area contributed by atoms with Crippen LogP contribution in [0.1, 0.15) is 0 Å². The van der Waals surface area contributed by atoms with Crippen LogP contribution in [0.25, 0.3) is 157 Å². The zero-order chi connectivity index (χ0) is 89.3. The van der Waals surface area contributed by atoms with Crippen LogP contribution >= 0.6 is 97.7 Å². The van der Waals surface area contributed by atoms with Gasteiger partial charge < -0.3 is 63.7 Å². The molecular weight excluding hydrogens is 1900 g/mol. The van der Waals surface area contributed by atoms with Gasteiger partial charge in [-0.15, -0.1) is 0 Å². The van der Waals surface area contributed by atoms with Crippen LogP contribution < -0.4 is 0 Å². The van der Waals surface area contributed by atoms with Gasteiger partial charge >= 0.3 is 68.3 Å². The zero-order valence-corrected chi connectivity index (χ0v) is 75.6. The third kappa shape index (κ3) is 53.1. The van der Waals surface area contributed by atoms with E-state index >= 15 is 0 Å². The number of hydrogen-bond acceptors (Lipinski definition) is 28. The number of aliphatic hydroxyl groups is 4. The SMILES string of the molecule is CO.CO.CO.CO.[Fe+2].[Fe+2].[Fe+2].[Fe+2].[N-]=C=S.[N-]=C=S.[N-]=C=S.[N-]=C=S.[N-]=C=S.[N-]=C=S.[N-]=C=S.[N-]=C=S.c1cc(-c2cc[nH]n2)nc(-c2cc[nH]n2)c1.c1cc(-c2cc[nH]n2)nc(-c2cc[nH]n2)c1.c1cc(-c2cc[nH]n2)nc(-c2cc[nH]n2)c1.c1cc(-c2cc[nH]n2)nc(-c2cc[nH]n2)c1.c1cc(-c2ccncc2)ccn1.c1cc(-c2ccncc2)ccn1. The van der Waals surface area contributed by atoms with E-state index in [0.717, 1.165) is 120 Å². The van der Waals surface area contributed by atoms with Crippen molar-refractivity contribution in [2.45, 2.75) is 0 Å². The summed E-state index contributed by atoms with van der Waals surface area (Å²) in [5.74, 6) is 0. The van der Waals surface area contributed by atoms with Gasteiger partial charge in [0.15, 0.2) is 0 Å². The summed E-state index contributed by atoms with van der Waals surface area (Å²) in [6.45, 7) is 0. The quantitative estimate of drug-likeness (QED) is 0.0344. The molecule has 0 radical (unpaired) electrons. The zero-order valence-electron chi connectivity index (χ0n) is 64.6. The monoisotopic (exact) mass is 1970 g/mol. The first-order valence-corrected chi connectivity index (χ1v) is 35.6. The number of isothiocyanates is 8. The maximum Gasteiger partial charge on any atom is 2.00 e. The average Bonchev–Trinajstić information content (AvgIpc) is 1.64. The van der Waals surface area contributed by atoms with Gasteiger partial charge in [0.2, 0.25) is 0 Å². The van der Waals surface area contributed by atoms with Gasteiger partial charge in [-0.25, -0.2) is 19.9 Å². The van der Waals surface area contributed by atoms with E-state index in [9.17, 15) is 0 Å². The maximum atomic E-state index is 7.13. The number of aromatic nitrogens is 24. The predicted molar refractivity (Wildman–Crippen MR) is 493 cm³/mol. The molecule has 16 rings (SSSR count). The minimum Gasteiger partial charge on any atom is -0.753 e. The molecule has 0 aliphatic rings. The Balaban J connectivity index is -0.000000314. The molecule has 48 heteroatoms. The Morgan fingerprint density at radius 2 is 0.298 bits per heavy atom. The third-order valence-corrected chi connectivity index (χ3v) is 12.5. The number of pyridine rings is 8. The van der Waals surface area contributed by atoms with Crippen LogP contribution in [0.2, 0.25) is 0 Å². The molecule has 0 unspecified atom stereocenters. The molecule has 36 nitrogen and oxygen atoms in total. The smallest absolute Gasteiger partial charge is 0.753 e. The summed E-state index contributed by atoms with van der Waals surface area (Å²) in [5, 5.41) is 151. The molecule has 0 bridgehead atoms. The molecule has 0 spiro atoms. The van der Waals surface area contributed by atoms with E-state index in [1.165, 1.54) is 63.5 Å². The second-order valence-electron chi connectivity index (χ2n) is 19.0. The molecule has 0 aliphatic carbocycles. The molecule has 124 heavy (non-hydrogen) atoms. The molecule has 0 fully saturated rings. The number of aliphatic hydroxyl groups excluding tert-OH is 4. The summed E-state index contributed by atoms with van der Waals surface area (Å²) in [7, 11) is 4.00. The van der Waals surface area contributed by atoms with E-state index in [1.54, 1.807) is 99.1 Å². The van der Waals surface area contributed by atoms with Crippen molar-refractivity contribution < 1.29 is 88.7 Å². The van der Waals surface area contributed by atoms with Gasteiger partial charge in [0.25, 0.3) is 0 Å². The van der Waals surface area contributed by atoms with Crippen molar-refractivity contribution in [1.29, 1.82) is 0 Å². The summed E-state index contributed by atoms with van der Waals surface area (Å²) >= 11 is 29.6. The van der Waals surface area contributed by atoms with Crippen molar-refractivity contribution in [3.05, 3.63) is 312 Å². The fraction of sp³-hybridized carbons (Fsp3) is 0.0526. The molecule has 0 aliphatic heterocycles. The molecule has 16 aromatic rings. The van der Waals surface area contributed by atoms with Crippen LogP contribution in [0.15, 0.2) is 269 Å². The van der Waals surface area contributed by atoms with E-state index in [2.05, 4.69) is 219 Å². The number of aromatic amines is 8. The van der Waals surface area contributed by atoms with Crippen LogP contribution in [0.3, 0.4) is 0 Å². The molecule has 0 aromatic carbocycles. The number of nitrogens with zero attached hydrogens (tertiary/aromatic N) is 24. The van der Waals surface area contributed by atoms with Crippen LogP contribution in [-0.4, -0.2) is 212 Å². The van der Waals surface area contributed by atoms with Gasteiger partial charge in [-0.2, -0.15) is 82.1 Å². The fourth-order valence-corrected chi connectivity index (χ4v) is 8.28. The summed E-state index contributed by atoms with van der Waals surface area (Å²) in [6.07, 6.45) is 28.5. The molecule has 16 heterocycles. The average molecular weight is 1970 g/mol. The van der Waals surface area contributed by atoms with Gasteiger partial charge in [0, 0.05) is 128 Å². The van der Waals surface area contributed by atoms with Crippen LogP contribution in [0.5, 0.6) is 0 Å². The first-order valence-electron chi connectivity index (χ1n) is 32.4. The van der Waals surface area contributed by atoms with Gasteiger partial charge in [-0.1, -0.05) is 122 Å². The van der Waals surface area contributed by atoms with E-state index in [-0.39, 0.29) is 68.3 Å². The van der Waals surface area contributed by atoms with Crippen molar-refractivity contribution in [2.75, 3.05) is 28.4 Å². The van der Waals surface area contributed by atoms with Crippen molar-refractivity contribution >= 4 is 139 Å². The van der Waals surface area contributed by atoms with Crippen molar-refractivity contribution in [3.8, 4) is 113 Å². The fourth-order valence-electron chi connectivity index (χ4n) is 8.28. The molecule has 16 aromatic heterocycles. The maximum absolute atomic E-state index is 7.13. The van der Waals surface area contributed by atoms with E-state index < -0.39 is 0 Å². The van der Waals surface area contributed by atoms with Crippen molar-refractivity contribution in [3.63, 3.8) is 0 Å². The normalized spacial score (nSPS) is 8.00. The Bertz CT molecular complexity index is 4500. The Hall–Kier alpha value is -12.8. The van der Waals surface area contributed by atoms with Crippen molar-refractivity contribution in [1.82, 2.24) is 121 Å². The number of hydrogen-bond donors (Lipinski definition) is 12. The predicted octanol–water partition coefficient (Wildman–Crippen LogP) is 15.4. The topological polar surface area (TPSA) is 592 Å². The second-order valence-corrected chi connectivity index (χ2v) is 20.4. The third-order valence-electron chi connectivity index (χ3n) is 12.5. The summed E-state index contributed by atoms with van der Waals surface area (Å²) < 4.78 is 0. The minimum atomic E-state index is 0. The Morgan fingerprint density at radius 3 is 0.387 bits per heavy atom. The summed E-state index contributed by atoms with van der Waals surface area (Å²) in [4.78, 5) is 33.8. The molecule has 0 atom stereocenters. The van der Waals surface area contributed by atoms with Gasteiger partial charge in [-0.3, -0.25) is 60.7 Å². The number of H-pyrrole nitrogens is 8. The Morgan fingerprint density at radius 1 is 0.194 bits per heavy atom.